The van der Waals surface area contributed by atoms with Gasteiger partial charge in [-0.1, -0.05) is 5.16 Å². The highest BCUT2D eigenvalue weighted by Crippen LogP contribution is 2.29. The van der Waals surface area contributed by atoms with Gasteiger partial charge in [0.25, 0.3) is 17.6 Å². The van der Waals surface area contributed by atoms with E-state index in [2.05, 4.69) is 25.8 Å². The lowest BCUT2D eigenvalue weighted by molar-refractivity contribution is -0.117. The SMILES string of the molecule is Cc1noc([C@H](C)NC(=O)C(=O)c2c(C)c(C(=O)Nc3cnc(F)c(C)c3)c3n2CCCC3)n1. The lowest BCUT2D eigenvalue weighted by atomic mass is 10.0. The van der Waals surface area contributed by atoms with Crippen LogP contribution in [0, 0.1) is 26.7 Å². The standard InChI is InChI=1S/C23H25FN6O4/c1-11-9-15(10-25-20(11)24)28-21(32)17-12(2)18(30-8-6-5-7-16(17)30)19(31)22(33)26-13(3)23-27-14(4)29-34-23/h9-10,13H,5-8H2,1-4H3,(H,26,33)(H,28,32)/t13-/m0/s1. The summed E-state index contributed by atoms with van der Waals surface area (Å²) >= 11 is 0. The minimum atomic E-state index is -0.831. The second-order valence-corrected chi connectivity index (χ2v) is 8.39. The second-order valence-electron chi connectivity index (χ2n) is 8.39. The van der Waals surface area contributed by atoms with Crippen LogP contribution in [0.4, 0.5) is 10.1 Å². The van der Waals surface area contributed by atoms with Crippen molar-refractivity contribution in [3.63, 3.8) is 0 Å². The van der Waals surface area contributed by atoms with E-state index in [-0.39, 0.29) is 11.6 Å². The zero-order valence-corrected chi connectivity index (χ0v) is 19.4. The number of nitrogens with one attached hydrogen (secondary N) is 2. The summed E-state index contributed by atoms with van der Waals surface area (Å²) in [6.07, 6.45) is 3.51. The van der Waals surface area contributed by atoms with E-state index in [0.717, 1.165) is 12.8 Å². The topological polar surface area (TPSA) is 132 Å². The van der Waals surface area contributed by atoms with Crippen LogP contribution in [0.1, 0.15) is 75.2 Å². The van der Waals surface area contributed by atoms with Crippen LogP contribution in [0.2, 0.25) is 0 Å². The number of carbonyl (C=O) groups is 3. The van der Waals surface area contributed by atoms with Crippen molar-refractivity contribution in [1.82, 2.24) is 25.0 Å². The van der Waals surface area contributed by atoms with E-state index in [4.69, 9.17) is 4.52 Å². The number of aryl methyl sites for hydroxylation is 2. The van der Waals surface area contributed by atoms with Crippen molar-refractivity contribution in [2.45, 2.75) is 59.5 Å². The largest absolute Gasteiger partial charge is 0.341 e. The van der Waals surface area contributed by atoms with Gasteiger partial charge in [0.2, 0.25) is 11.8 Å². The van der Waals surface area contributed by atoms with Crippen molar-refractivity contribution in [1.29, 1.82) is 0 Å². The van der Waals surface area contributed by atoms with Crippen LogP contribution in [0.15, 0.2) is 16.8 Å². The summed E-state index contributed by atoms with van der Waals surface area (Å²) in [6, 6.07) is 0.823. The van der Waals surface area contributed by atoms with Crippen LogP contribution in [-0.2, 0) is 17.8 Å². The summed E-state index contributed by atoms with van der Waals surface area (Å²) in [4.78, 5) is 46.9. The number of hydrogen-bond acceptors (Lipinski definition) is 7. The van der Waals surface area contributed by atoms with E-state index >= 15 is 0 Å². The molecule has 0 radical (unpaired) electrons. The number of amides is 2. The van der Waals surface area contributed by atoms with E-state index in [0.29, 0.717) is 46.9 Å². The molecule has 0 aliphatic carbocycles. The first-order valence-corrected chi connectivity index (χ1v) is 11.0. The highest BCUT2D eigenvalue weighted by atomic mass is 19.1. The molecule has 0 spiro atoms. The lowest BCUT2D eigenvalue weighted by Gasteiger charge is -2.18. The molecule has 11 heteroatoms. The Labute approximate surface area is 194 Å². The Hall–Kier alpha value is -3.89. The number of nitrogens with zero attached hydrogens (tertiary/aromatic N) is 4. The number of rotatable bonds is 6. The summed E-state index contributed by atoms with van der Waals surface area (Å²) in [7, 11) is 0. The number of fused-ring (bicyclic) bond motifs is 1. The third kappa shape index (κ3) is 4.33. The van der Waals surface area contributed by atoms with Crippen molar-refractivity contribution in [2.24, 2.45) is 0 Å². The molecule has 178 valence electrons. The van der Waals surface area contributed by atoms with Gasteiger partial charge in [-0.25, -0.2) is 4.98 Å². The molecule has 0 fully saturated rings. The maximum absolute atomic E-state index is 13.5. The molecule has 0 saturated carbocycles. The third-order valence-electron chi connectivity index (χ3n) is 5.84. The number of anilines is 1. The average molecular weight is 468 g/mol. The van der Waals surface area contributed by atoms with Crippen LogP contribution < -0.4 is 10.6 Å². The molecular weight excluding hydrogens is 443 g/mol. The van der Waals surface area contributed by atoms with Gasteiger partial charge in [-0.05, 0) is 58.6 Å². The zero-order chi connectivity index (χ0) is 24.6. The molecule has 1 aliphatic rings. The molecular formula is C23H25FN6O4. The smallest absolute Gasteiger partial charge is 0.294 e. The average Bonchev–Trinajstić information content (AvgIpc) is 3.36. The van der Waals surface area contributed by atoms with E-state index in [1.54, 1.807) is 32.3 Å². The quantitative estimate of drug-likeness (QED) is 0.323. The van der Waals surface area contributed by atoms with E-state index in [9.17, 15) is 18.8 Å². The van der Waals surface area contributed by atoms with Crippen LogP contribution in [0.3, 0.4) is 0 Å². The fraction of sp³-hybridized carbons (Fsp3) is 0.391. The summed E-state index contributed by atoms with van der Waals surface area (Å²) in [6.45, 7) is 7.01. The van der Waals surface area contributed by atoms with Crippen molar-refractivity contribution in [3.8, 4) is 0 Å². The molecule has 0 unspecified atom stereocenters. The molecule has 0 bridgehead atoms. The Morgan fingerprint density at radius 2 is 1.97 bits per heavy atom. The fourth-order valence-electron chi connectivity index (χ4n) is 4.21. The Balaban J connectivity index is 1.63. The van der Waals surface area contributed by atoms with Gasteiger partial charge in [-0.15, -0.1) is 0 Å². The maximum Gasteiger partial charge on any atom is 0.294 e. The molecule has 34 heavy (non-hydrogen) atoms. The predicted octanol–water partition coefficient (Wildman–Crippen LogP) is 2.98. The predicted molar refractivity (Wildman–Crippen MR) is 119 cm³/mol. The Morgan fingerprint density at radius 1 is 1.21 bits per heavy atom. The Morgan fingerprint density at radius 3 is 2.65 bits per heavy atom. The Bertz CT molecular complexity index is 1290. The minimum Gasteiger partial charge on any atom is -0.341 e. The second kappa shape index (κ2) is 9.16. The lowest BCUT2D eigenvalue weighted by Crippen LogP contribution is -2.35. The Kier molecular flexibility index (Phi) is 6.27. The summed E-state index contributed by atoms with van der Waals surface area (Å²) in [5, 5.41) is 9.01. The molecule has 1 aliphatic heterocycles. The number of pyridine rings is 1. The highest BCUT2D eigenvalue weighted by Gasteiger charge is 2.33. The third-order valence-corrected chi connectivity index (χ3v) is 5.84. The van der Waals surface area contributed by atoms with Gasteiger partial charge in [-0.3, -0.25) is 14.4 Å². The molecule has 2 N–H and O–H groups in total. The molecule has 4 heterocycles. The number of ketones is 1. The van der Waals surface area contributed by atoms with Gasteiger partial charge >= 0.3 is 0 Å². The van der Waals surface area contributed by atoms with Crippen molar-refractivity contribution >= 4 is 23.3 Å². The van der Waals surface area contributed by atoms with Crippen LogP contribution in [-0.4, -0.2) is 37.3 Å². The summed E-state index contributed by atoms with van der Waals surface area (Å²) < 4.78 is 20.3. The molecule has 1 atom stereocenters. The van der Waals surface area contributed by atoms with E-state index in [1.807, 2.05) is 0 Å². The first-order valence-electron chi connectivity index (χ1n) is 11.0. The zero-order valence-electron chi connectivity index (χ0n) is 19.4. The van der Waals surface area contributed by atoms with Crippen LogP contribution in [0.25, 0.3) is 0 Å². The molecule has 0 saturated heterocycles. The van der Waals surface area contributed by atoms with Gasteiger partial charge in [-0.2, -0.15) is 9.37 Å². The molecule has 3 aromatic heterocycles. The number of halogens is 1. The fourth-order valence-corrected chi connectivity index (χ4v) is 4.21. The maximum atomic E-state index is 13.5. The van der Waals surface area contributed by atoms with Gasteiger partial charge in [0.15, 0.2) is 5.82 Å². The van der Waals surface area contributed by atoms with Crippen molar-refractivity contribution in [2.75, 3.05) is 5.32 Å². The van der Waals surface area contributed by atoms with Crippen molar-refractivity contribution < 1.29 is 23.3 Å². The molecule has 2 amide bonds. The normalized spacial score (nSPS) is 13.8. The van der Waals surface area contributed by atoms with Gasteiger partial charge in [0, 0.05) is 17.8 Å². The number of hydrogen-bond donors (Lipinski definition) is 2. The highest BCUT2D eigenvalue weighted by molar-refractivity contribution is 6.43. The van der Waals surface area contributed by atoms with Gasteiger partial charge in [0.05, 0.1) is 23.1 Å². The number of aromatic nitrogens is 4. The van der Waals surface area contributed by atoms with Gasteiger partial charge in [0.1, 0.15) is 6.04 Å². The first-order chi connectivity index (χ1) is 16.2. The molecule has 0 aromatic carbocycles. The van der Waals surface area contributed by atoms with Crippen LogP contribution in [0.5, 0.6) is 0 Å². The minimum absolute atomic E-state index is 0.180. The number of Topliss-reactive ketones (excluding diaryl/α,β-unsaturated/α-hetero) is 1. The molecule has 10 nitrogen and oxygen atoms in total. The summed E-state index contributed by atoms with van der Waals surface area (Å²) in [5.41, 5.74) is 2.28. The molecule has 4 rings (SSSR count). The van der Waals surface area contributed by atoms with Gasteiger partial charge < -0.3 is 19.7 Å². The van der Waals surface area contributed by atoms with Crippen LogP contribution >= 0.6 is 0 Å². The first kappa shape index (κ1) is 23.3. The van der Waals surface area contributed by atoms with Crippen molar-refractivity contribution in [3.05, 3.63) is 58.0 Å². The monoisotopic (exact) mass is 468 g/mol. The number of carbonyl (C=O) groups excluding carboxylic acids is 3. The summed E-state index contributed by atoms with van der Waals surface area (Å²) in [5.74, 6) is -2.02. The van der Waals surface area contributed by atoms with E-state index < -0.39 is 29.6 Å². The molecule has 3 aromatic rings. The van der Waals surface area contributed by atoms with E-state index in [1.165, 1.54) is 12.3 Å².